The Morgan fingerprint density at radius 1 is 1.14 bits per heavy atom. The van der Waals surface area contributed by atoms with E-state index in [2.05, 4.69) is 51.1 Å². The van der Waals surface area contributed by atoms with E-state index in [-0.39, 0.29) is 16.6 Å². The minimum absolute atomic E-state index is 0.109. The highest BCUT2D eigenvalue weighted by atomic mass is 16.1. The van der Waals surface area contributed by atoms with Crippen LogP contribution in [0.5, 0.6) is 0 Å². The van der Waals surface area contributed by atoms with E-state index in [0.29, 0.717) is 12.8 Å². The zero-order chi connectivity index (χ0) is 15.9. The van der Waals surface area contributed by atoms with Gasteiger partial charge in [0, 0.05) is 5.41 Å². The van der Waals surface area contributed by atoms with E-state index in [0.717, 1.165) is 12.0 Å². The number of benzene rings is 1. The van der Waals surface area contributed by atoms with Crippen molar-refractivity contribution in [1.82, 2.24) is 0 Å². The van der Waals surface area contributed by atoms with Crippen LogP contribution in [0.15, 0.2) is 24.3 Å². The van der Waals surface area contributed by atoms with Gasteiger partial charge in [-0.05, 0) is 35.8 Å². The van der Waals surface area contributed by atoms with Crippen molar-refractivity contribution in [3.8, 4) is 6.07 Å². The second-order valence-electron chi connectivity index (χ2n) is 8.03. The topological polar surface area (TPSA) is 40.9 Å². The molecule has 1 aliphatic carbocycles. The molecule has 1 aliphatic rings. The Hall–Kier alpha value is -1.62. The van der Waals surface area contributed by atoms with Crippen LogP contribution < -0.4 is 0 Å². The molecular weight excluding hydrogens is 258 g/mol. The van der Waals surface area contributed by atoms with Crippen molar-refractivity contribution < 1.29 is 4.79 Å². The van der Waals surface area contributed by atoms with Crippen LogP contribution in [-0.2, 0) is 16.6 Å². The fraction of sp³-hybridized carbons (Fsp3) is 0.579. The Morgan fingerprint density at radius 3 is 2.10 bits per heavy atom. The molecule has 0 spiro atoms. The SMILES string of the molecule is CC1(C)CCC(C#N)(Cc2ccc(C(C)(C)C)cc2)C1=O. The van der Waals surface area contributed by atoms with Gasteiger partial charge in [0.05, 0.1) is 6.07 Å². The number of carbonyl (C=O) groups excluding carboxylic acids is 1. The van der Waals surface area contributed by atoms with Gasteiger partial charge in [0.15, 0.2) is 5.78 Å². The molecule has 1 unspecified atom stereocenters. The molecule has 0 bridgehead atoms. The van der Waals surface area contributed by atoms with Crippen molar-refractivity contribution in [1.29, 1.82) is 5.26 Å². The van der Waals surface area contributed by atoms with Crippen LogP contribution in [-0.4, -0.2) is 5.78 Å². The number of nitrogens with zero attached hydrogens (tertiary/aromatic N) is 1. The molecule has 0 aromatic heterocycles. The molecule has 1 aromatic rings. The predicted octanol–water partition coefficient (Wildman–Crippen LogP) is 4.43. The summed E-state index contributed by atoms with van der Waals surface area (Å²) in [6.07, 6.45) is 2.02. The summed E-state index contributed by atoms with van der Waals surface area (Å²) in [7, 11) is 0. The average Bonchev–Trinajstić information content (AvgIpc) is 2.63. The first-order valence-electron chi connectivity index (χ1n) is 7.66. The van der Waals surface area contributed by atoms with Crippen LogP contribution in [0.3, 0.4) is 0 Å². The molecule has 0 heterocycles. The Kier molecular flexibility index (Phi) is 3.74. The summed E-state index contributed by atoms with van der Waals surface area (Å²) >= 11 is 0. The van der Waals surface area contributed by atoms with Gasteiger partial charge in [0.25, 0.3) is 0 Å². The van der Waals surface area contributed by atoms with E-state index in [4.69, 9.17) is 0 Å². The van der Waals surface area contributed by atoms with Crippen LogP contribution in [0.25, 0.3) is 0 Å². The Labute approximate surface area is 128 Å². The standard InChI is InChI=1S/C19H25NO/c1-17(2,3)15-8-6-14(7-9-15)12-19(13-20)11-10-18(4,5)16(19)21/h6-9H,10-12H2,1-5H3. The zero-order valence-corrected chi connectivity index (χ0v) is 13.8. The van der Waals surface area contributed by atoms with E-state index in [1.54, 1.807) is 0 Å². The minimum atomic E-state index is -0.827. The summed E-state index contributed by atoms with van der Waals surface area (Å²) in [5.41, 5.74) is 1.29. The van der Waals surface area contributed by atoms with Gasteiger partial charge in [-0.2, -0.15) is 5.26 Å². The van der Waals surface area contributed by atoms with Crippen molar-refractivity contribution in [2.45, 2.75) is 59.3 Å². The molecule has 1 atom stereocenters. The monoisotopic (exact) mass is 283 g/mol. The Morgan fingerprint density at radius 2 is 1.71 bits per heavy atom. The lowest BCUT2D eigenvalue weighted by molar-refractivity contribution is -0.130. The molecule has 0 radical (unpaired) electrons. The van der Waals surface area contributed by atoms with Crippen molar-refractivity contribution >= 4 is 5.78 Å². The summed E-state index contributed by atoms with van der Waals surface area (Å²) in [4.78, 5) is 12.6. The van der Waals surface area contributed by atoms with Gasteiger partial charge in [0.1, 0.15) is 5.41 Å². The summed E-state index contributed by atoms with van der Waals surface area (Å²) in [5, 5.41) is 9.59. The number of nitriles is 1. The number of ketones is 1. The van der Waals surface area contributed by atoms with Crippen LogP contribution in [0.1, 0.15) is 58.6 Å². The summed E-state index contributed by atoms with van der Waals surface area (Å²) < 4.78 is 0. The van der Waals surface area contributed by atoms with Crippen molar-refractivity contribution in [3.05, 3.63) is 35.4 Å². The second kappa shape index (κ2) is 4.98. The third kappa shape index (κ3) is 2.88. The van der Waals surface area contributed by atoms with Gasteiger partial charge in [-0.25, -0.2) is 0 Å². The van der Waals surface area contributed by atoms with Crippen LogP contribution in [0, 0.1) is 22.2 Å². The molecule has 112 valence electrons. The molecule has 0 N–H and O–H groups in total. The lowest BCUT2D eigenvalue weighted by atomic mass is 9.76. The predicted molar refractivity (Wildman–Crippen MR) is 84.9 cm³/mol. The number of hydrogen-bond acceptors (Lipinski definition) is 2. The highest BCUT2D eigenvalue weighted by molar-refractivity contribution is 5.94. The van der Waals surface area contributed by atoms with Gasteiger partial charge in [0.2, 0.25) is 0 Å². The first kappa shape index (κ1) is 15.8. The Bertz CT molecular complexity index is 583. The molecule has 1 aromatic carbocycles. The van der Waals surface area contributed by atoms with E-state index < -0.39 is 5.41 Å². The van der Waals surface area contributed by atoms with E-state index in [1.165, 1.54) is 5.56 Å². The number of hydrogen-bond donors (Lipinski definition) is 0. The van der Waals surface area contributed by atoms with Gasteiger partial charge in [-0.3, -0.25) is 4.79 Å². The number of carbonyl (C=O) groups is 1. The normalized spacial score (nSPS) is 24.9. The smallest absolute Gasteiger partial charge is 0.158 e. The van der Waals surface area contributed by atoms with Gasteiger partial charge < -0.3 is 0 Å². The lowest BCUT2D eigenvalue weighted by Gasteiger charge is -2.23. The largest absolute Gasteiger partial charge is 0.297 e. The highest BCUT2D eigenvalue weighted by Gasteiger charge is 2.52. The van der Waals surface area contributed by atoms with Gasteiger partial charge >= 0.3 is 0 Å². The highest BCUT2D eigenvalue weighted by Crippen LogP contribution is 2.47. The molecular formula is C19H25NO. The number of Topliss-reactive ketones (excluding diaryl/α,β-unsaturated/α-hetero) is 1. The fourth-order valence-electron chi connectivity index (χ4n) is 3.19. The summed E-state index contributed by atoms with van der Waals surface area (Å²) in [6.45, 7) is 10.5. The van der Waals surface area contributed by atoms with Gasteiger partial charge in [-0.1, -0.05) is 58.9 Å². The minimum Gasteiger partial charge on any atom is -0.297 e. The Balaban J connectivity index is 2.25. The molecule has 21 heavy (non-hydrogen) atoms. The third-order valence-electron chi connectivity index (χ3n) is 4.77. The quantitative estimate of drug-likeness (QED) is 0.805. The average molecular weight is 283 g/mol. The van der Waals surface area contributed by atoms with E-state index in [1.807, 2.05) is 13.8 Å². The molecule has 1 saturated carbocycles. The molecule has 0 saturated heterocycles. The number of rotatable bonds is 2. The van der Waals surface area contributed by atoms with Crippen LogP contribution >= 0.6 is 0 Å². The van der Waals surface area contributed by atoms with Gasteiger partial charge in [-0.15, -0.1) is 0 Å². The summed E-state index contributed by atoms with van der Waals surface area (Å²) in [5.74, 6) is 0.109. The maximum Gasteiger partial charge on any atom is 0.158 e. The molecule has 2 rings (SSSR count). The van der Waals surface area contributed by atoms with Crippen LogP contribution in [0.2, 0.25) is 0 Å². The second-order valence-corrected chi connectivity index (χ2v) is 8.03. The van der Waals surface area contributed by atoms with E-state index in [9.17, 15) is 10.1 Å². The lowest BCUT2D eigenvalue weighted by Crippen LogP contribution is -2.33. The summed E-state index contributed by atoms with van der Waals surface area (Å²) in [6, 6.07) is 10.7. The molecule has 0 aliphatic heterocycles. The first-order chi connectivity index (χ1) is 9.61. The zero-order valence-electron chi connectivity index (χ0n) is 13.8. The molecule has 2 nitrogen and oxygen atoms in total. The van der Waals surface area contributed by atoms with Crippen molar-refractivity contribution in [2.75, 3.05) is 0 Å². The molecule has 2 heteroatoms. The maximum atomic E-state index is 12.6. The van der Waals surface area contributed by atoms with Crippen LogP contribution in [0.4, 0.5) is 0 Å². The van der Waals surface area contributed by atoms with E-state index >= 15 is 0 Å². The molecule has 1 fully saturated rings. The van der Waals surface area contributed by atoms with Crippen molar-refractivity contribution in [3.63, 3.8) is 0 Å². The fourth-order valence-corrected chi connectivity index (χ4v) is 3.19. The third-order valence-corrected chi connectivity index (χ3v) is 4.77. The maximum absolute atomic E-state index is 12.6. The van der Waals surface area contributed by atoms with Crippen molar-refractivity contribution in [2.24, 2.45) is 10.8 Å². The molecule has 0 amide bonds. The first-order valence-corrected chi connectivity index (χ1v) is 7.66.